The SMILES string of the molecule is NC(CCC(=O)OC(=O)C(O)CO)C(=O)OC(=O)C(O)CO. The molecule has 22 heavy (non-hydrogen) atoms. The molecule has 0 fully saturated rings. The monoisotopic (exact) mass is 323 g/mol. The van der Waals surface area contributed by atoms with Crippen LogP contribution in [0, 0.1) is 0 Å². The van der Waals surface area contributed by atoms with E-state index in [4.69, 9.17) is 26.2 Å². The van der Waals surface area contributed by atoms with Gasteiger partial charge in [-0.1, -0.05) is 0 Å². The van der Waals surface area contributed by atoms with Crippen molar-refractivity contribution >= 4 is 23.9 Å². The van der Waals surface area contributed by atoms with E-state index >= 15 is 0 Å². The molecule has 0 amide bonds. The van der Waals surface area contributed by atoms with Gasteiger partial charge >= 0.3 is 23.9 Å². The Hall–Kier alpha value is -1.92. The van der Waals surface area contributed by atoms with E-state index < -0.39 is 61.8 Å². The van der Waals surface area contributed by atoms with Gasteiger partial charge in [-0.05, 0) is 6.42 Å². The van der Waals surface area contributed by atoms with Crippen LogP contribution < -0.4 is 5.73 Å². The molecule has 0 aliphatic rings. The van der Waals surface area contributed by atoms with Crippen LogP contribution in [0.1, 0.15) is 12.8 Å². The number of carbonyl (C=O) groups excluding carboxylic acids is 4. The second-order valence-corrected chi connectivity index (χ2v) is 4.08. The Morgan fingerprint density at radius 2 is 1.32 bits per heavy atom. The molecule has 3 atom stereocenters. The second kappa shape index (κ2) is 9.92. The summed E-state index contributed by atoms with van der Waals surface area (Å²) < 4.78 is 8.26. The maximum absolute atomic E-state index is 11.3. The van der Waals surface area contributed by atoms with Crippen molar-refractivity contribution in [3.05, 3.63) is 0 Å². The standard InChI is InChI=1S/C11H17NO10/c12-5(9(18)22-11(20)7(16)4-14)1-2-8(17)21-10(19)6(15)3-13/h5-7,13-16H,1-4,12H2. The maximum Gasteiger partial charge on any atom is 0.345 e. The quantitative estimate of drug-likeness (QED) is 0.215. The van der Waals surface area contributed by atoms with E-state index in [1.165, 1.54) is 0 Å². The first-order valence-electron chi connectivity index (χ1n) is 6.06. The van der Waals surface area contributed by atoms with Crippen LogP contribution in [-0.4, -0.2) is 75.8 Å². The molecule has 11 heteroatoms. The van der Waals surface area contributed by atoms with Crippen LogP contribution in [0.25, 0.3) is 0 Å². The van der Waals surface area contributed by atoms with Gasteiger partial charge in [-0.15, -0.1) is 0 Å². The van der Waals surface area contributed by atoms with Crippen LogP contribution in [0.15, 0.2) is 0 Å². The number of carbonyl (C=O) groups is 4. The van der Waals surface area contributed by atoms with Gasteiger partial charge in [-0.3, -0.25) is 4.79 Å². The molecule has 11 nitrogen and oxygen atoms in total. The smallest absolute Gasteiger partial charge is 0.345 e. The summed E-state index contributed by atoms with van der Waals surface area (Å²) in [5, 5.41) is 34.6. The van der Waals surface area contributed by atoms with Gasteiger partial charge in [0.15, 0.2) is 12.2 Å². The first kappa shape index (κ1) is 20.1. The Labute approximate surface area is 124 Å². The maximum atomic E-state index is 11.3. The molecular weight excluding hydrogens is 306 g/mol. The molecule has 0 radical (unpaired) electrons. The average molecular weight is 323 g/mol. The molecular formula is C11H17NO10. The lowest BCUT2D eigenvalue weighted by Crippen LogP contribution is -2.38. The van der Waals surface area contributed by atoms with Crippen molar-refractivity contribution in [3.63, 3.8) is 0 Å². The molecule has 0 saturated heterocycles. The zero-order valence-electron chi connectivity index (χ0n) is 11.4. The number of esters is 4. The summed E-state index contributed by atoms with van der Waals surface area (Å²) in [6.45, 7) is -1.86. The van der Waals surface area contributed by atoms with Crippen LogP contribution in [0.3, 0.4) is 0 Å². The lowest BCUT2D eigenvalue weighted by molar-refractivity contribution is -0.168. The summed E-state index contributed by atoms with van der Waals surface area (Å²) in [5.41, 5.74) is 5.32. The predicted octanol–water partition coefficient (Wildman–Crippen LogP) is -4.06. The van der Waals surface area contributed by atoms with Crippen LogP contribution in [0.5, 0.6) is 0 Å². The first-order chi connectivity index (χ1) is 10.2. The van der Waals surface area contributed by atoms with Crippen molar-refractivity contribution in [2.45, 2.75) is 31.1 Å². The van der Waals surface area contributed by atoms with E-state index in [-0.39, 0.29) is 6.42 Å². The Balaban J connectivity index is 4.19. The lowest BCUT2D eigenvalue weighted by atomic mass is 10.2. The average Bonchev–Trinajstić information content (AvgIpc) is 2.50. The summed E-state index contributed by atoms with van der Waals surface area (Å²) >= 11 is 0. The topological polar surface area (TPSA) is 194 Å². The van der Waals surface area contributed by atoms with Gasteiger partial charge in [0.05, 0.1) is 13.2 Å². The Kier molecular flexibility index (Phi) is 9.05. The van der Waals surface area contributed by atoms with Crippen molar-refractivity contribution in [1.82, 2.24) is 0 Å². The van der Waals surface area contributed by atoms with Gasteiger partial charge < -0.3 is 35.6 Å². The highest BCUT2D eigenvalue weighted by molar-refractivity contribution is 5.91. The normalized spacial score (nSPS) is 14.6. The van der Waals surface area contributed by atoms with Gasteiger partial charge in [0, 0.05) is 6.42 Å². The fraction of sp³-hybridized carbons (Fsp3) is 0.636. The van der Waals surface area contributed by atoms with Gasteiger partial charge in [0.2, 0.25) is 0 Å². The fourth-order valence-corrected chi connectivity index (χ4v) is 1.01. The summed E-state index contributed by atoms with van der Waals surface area (Å²) in [7, 11) is 0. The third-order valence-corrected chi connectivity index (χ3v) is 2.27. The Bertz CT molecular complexity index is 423. The molecule has 0 aromatic carbocycles. The van der Waals surface area contributed by atoms with E-state index in [2.05, 4.69) is 9.47 Å². The Morgan fingerprint density at radius 3 is 1.77 bits per heavy atom. The largest absolute Gasteiger partial charge is 0.393 e. The van der Waals surface area contributed by atoms with Crippen LogP contribution in [0.2, 0.25) is 0 Å². The molecule has 0 heterocycles. The number of rotatable bonds is 8. The minimum absolute atomic E-state index is 0.345. The Morgan fingerprint density at radius 1 is 0.864 bits per heavy atom. The third-order valence-electron chi connectivity index (χ3n) is 2.27. The summed E-state index contributed by atoms with van der Waals surface area (Å²) in [4.78, 5) is 44.4. The molecule has 0 rings (SSSR count). The highest BCUT2D eigenvalue weighted by Gasteiger charge is 2.25. The van der Waals surface area contributed by atoms with Crippen LogP contribution >= 0.6 is 0 Å². The van der Waals surface area contributed by atoms with Gasteiger partial charge in [-0.2, -0.15) is 0 Å². The van der Waals surface area contributed by atoms with Crippen molar-refractivity contribution in [1.29, 1.82) is 0 Å². The zero-order chi connectivity index (χ0) is 17.3. The number of nitrogens with two attached hydrogens (primary N) is 1. The molecule has 0 aromatic rings. The van der Waals surface area contributed by atoms with E-state index in [0.717, 1.165) is 0 Å². The van der Waals surface area contributed by atoms with Crippen LogP contribution in [-0.2, 0) is 28.7 Å². The zero-order valence-corrected chi connectivity index (χ0v) is 11.4. The molecule has 126 valence electrons. The number of hydrogen-bond donors (Lipinski definition) is 5. The molecule has 0 bridgehead atoms. The molecule has 0 saturated carbocycles. The summed E-state index contributed by atoms with van der Waals surface area (Å²) in [6.07, 6.45) is -4.60. The van der Waals surface area contributed by atoms with Gasteiger partial charge in [-0.25, -0.2) is 14.4 Å². The predicted molar refractivity (Wildman–Crippen MR) is 65.6 cm³/mol. The number of ether oxygens (including phenoxy) is 2. The van der Waals surface area contributed by atoms with E-state index in [9.17, 15) is 19.2 Å². The van der Waals surface area contributed by atoms with Crippen molar-refractivity contribution < 1.29 is 49.1 Å². The highest BCUT2D eigenvalue weighted by Crippen LogP contribution is 2.02. The summed E-state index contributed by atoms with van der Waals surface area (Å²) in [6, 6.07) is -1.42. The van der Waals surface area contributed by atoms with Crippen LogP contribution in [0.4, 0.5) is 0 Å². The van der Waals surface area contributed by atoms with E-state index in [0.29, 0.717) is 0 Å². The highest BCUT2D eigenvalue weighted by atomic mass is 16.6. The number of aliphatic hydroxyl groups excluding tert-OH is 4. The molecule has 0 aliphatic heterocycles. The second-order valence-electron chi connectivity index (χ2n) is 4.08. The van der Waals surface area contributed by atoms with Crippen molar-refractivity contribution in [3.8, 4) is 0 Å². The fourth-order valence-electron chi connectivity index (χ4n) is 1.01. The van der Waals surface area contributed by atoms with Crippen molar-refractivity contribution in [2.75, 3.05) is 13.2 Å². The number of hydrogen-bond acceptors (Lipinski definition) is 11. The van der Waals surface area contributed by atoms with E-state index in [1.807, 2.05) is 0 Å². The van der Waals surface area contributed by atoms with Crippen molar-refractivity contribution in [2.24, 2.45) is 5.73 Å². The number of aliphatic hydroxyl groups is 4. The third kappa shape index (κ3) is 7.19. The molecule has 0 spiro atoms. The molecule has 0 aliphatic carbocycles. The molecule has 0 aromatic heterocycles. The lowest BCUT2D eigenvalue weighted by Gasteiger charge is -2.11. The molecule has 6 N–H and O–H groups in total. The van der Waals surface area contributed by atoms with Gasteiger partial charge in [0.25, 0.3) is 0 Å². The minimum atomic E-state index is -1.89. The first-order valence-corrected chi connectivity index (χ1v) is 6.06. The minimum Gasteiger partial charge on any atom is -0.393 e. The summed E-state index contributed by atoms with van der Waals surface area (Å²) in [5.74, 6) is -5.11. The van der Waals surface area contributed by atoms with E-state index in [1.54, 1.807) is 0 Å². The molecule has 3 unspecified atom stereocenters. The van der Waals surface area contributed by atoms with Gasteiger partial charge in [0.1, 0.15) is 6.04 Å².